The summed E-state index contributed by atoms with van der Waals surface area (Å²) >= 11 is 4.27. The summed E-state index contributed by atoms with van der Waals surface area (Å²) in [5.41, 5.74) is 5.41. The molecule has 37 heavy (non-hydrogen) atoms. The minimum absolute atomic E-state index is 0.0727. The minimum Gasteiger partial charge on any atom is -0.333 e. The molecule has 3 N–H and O–H groups in total. The Labute approximate surface area is 226 Å². The van der Waals surface area contributed by atoms with Crippen LogP contribution in [0.5, 0.6) is 0 Å². The minimum atomic E-state index is -0.109. The molecule has 0 saturated carbocycles. The Morgan fingerprint density at radius 1 is 0.865 bits per heavy atom. The van der Waals surface area contributed by atoms with Gasteiger partial charge in [-0.3, -0.25) is 9.59 Å². The third-order valence-electron chi connectivity index (χ3n) is 5.55. The number of carbonyl (C=O) groups excluding carboxylic acids is 2. The highest BCUT2D eigenvalue weighted by Gasteiger charge is 2.11. The molecular formula is C27H25N5O2S3. The molecule has 0 fully saturated rings. The quantitative estimate of drug-likeness (QED) is 0.176. The van der Waals surface area contributed by atoms with E-state index in [0.29, 0.717) is 16.8 Å². The van der Waals surface area contributed by atoms with Gasteiger partial charge in [0.05, 0.1) is 32.8 Å². The van der Waals surface area contributed by atoms with Crippen LogP contribution < -0.4 is 10.6 Å². The van der Waals surface area contributed by atoms with Crippen molar-refractivity contribution in [2.45, 2.75) is 29.3 Å². The lowest BCUT2D eigenvalue weighted by atomic mass is 10.0. The fourth-order valence-electron chi connectivity index (χ4n) is 3.65. The van der Waals surface area contributed by atoms with E-state index in [1.165, 1.54) is 40.4 Å². The first-order valence-corrected chi connectivity index (χ1v) is 14.5. The van der Waals surface area contributed by atoms with Crippen molar-refractivity contribution in [1.29, 1.82) is 0 Å². The number of amides is 2. The van der Waals surface area contributed by atoms with Gasteiger partial charge in [0.1, 0.15) is 0 Å². The number of aromatic amines is 1. The number of imidazole rings is 1. The molecule has 2 aromatic heterocycles. The molecule has 0 bridgehead atoms. The lowest BCUT2D eigenvalue weighted by Crippen LogP contribution is -2.13. The van der Waals surface area contributed by atoms with Crippen LogP contribution >= 0.6 is 34.9 Å². The van der Waals surface area contributed by atoms with Crippen LogP contribution in [0.15, 0.2) is 76.2 Å². The maximum absolute atomic E-state index is 12.5. The number of H-pyrrole nitrogens is 1. The zero-order valence-corrected chi connectivity index (χ0v) is 22.7. The Kier molecular flexibility index (Phi) is 7.78. The molecule has 7 nitrogen and oxygen atoms in total. The summed E-state index contributed by atoms with van der Waals surface area (Å²) in [5, 5.41) is 6.59. The number of aromatic nitrogens is 3. The van der Waals surface area contributed by atoms with Crippen molar-refractivity contribution in [2.75, 3.05) is 22.1 Å². The van der Waals surface area contributed by atoms with Crippen LogP contribution in [0.2, 0.25) is 0 Å². The molecule has 0 unspecified atom stereocenters. The molecule has 0 atom stereocenters. The van der Waals surface area contributed by atoms with Gasteiger partial charge >= 0.3 is 0 Å². The SMILES string of the molecule is CC(C)c1ccc(NC(=O)CSc2nc3ccc(NC(=O)CSc4nc5ccccc5[nH]4)cc3s2)cc1. The maximum Gasteiger partial charge on any atom is 0.234 e. The van der Waals surface area contributed by atoms with Gasteiger partial charge in [-0.2, -0.15) is 0 Å². The smallest absolute Gasteiger partial charge is 0.234 e. The fourth-order valence-corrected chi connectivity index (χ4v) is 6.24. The Balaban J connectivity index is 1.13. The van der Waals surface area contributed by atoms with Crippen molar-refractivity contribution < 1.29 is 9.59 Å². The van der Waals surface area contributed by atoms with Crippen LogP contribution in [0.4, 0.5) is 11.4 Å². The molecule has 10 heteroatoms. The third-order valence-corrected chi connectivity index (χ3v) is 8.58. The van der Waals surface area contributed by atoms with E-state index in [2.05, 4.69) is 39.4 Å². The average molecular weight is 548 g/mol. The van der Waals surface area contributed by atoms with Crippen LogP contribution in [0.25, 0.3) is 21.3 Å². The zero-order chi connectivity index (χ0) is 25.8. The molecular weight excluding hydrogens is 523 g/mol. The average Bonchev–Trinajstić information content (AvgIpc) is 3.49. The number of nitrogens with zero attached hydrogens (tertiary/aromatic N) is 2. The van der Waals surface area contributed by atoms with Gasteiger partial charge in [-0.15, -0.1) is 11.3 Å². The van der Waals surface area contributed by atoms with E-state index in [9.17, 15) is 9.59 Å². The van der Waals surface area contributed by atoms with Gasteiger partial charge in [-0.1, -0.05) is 61.6 Å². The molecule has 2 amide bonds. The molecule has 188 valence electrons. The Hall–Kier alpha value is -3.34. The molecule has 0 saturated heterocycles. The summed E-state index contributed by atoms with van der Waals surface area (Å²) in [6.45, 7) is 4.28. The highest BCUT2D eigenvalue weighted by molar-refractivity contribution is 8.01. The van der Waals surface area contributed by atoms with Gasteiger partial charge in [0.15, 0.2) is 9.50 Å². The Bertz CT molecular complexity index is 1530. The molecule has 5 rings (SSSR count). The molecule has 0 spiro atoms. The van der Waals surface area contributed by atoms with Crippen molar-refractivity contribution in [2.24, 2.45) is 0 Å². The normalized spacial score (nSPS) is 11.3. The largest absolute Gasteiger partial charge is 0.333 e. The van der Waals surface area contributed by atoms with Gasteiger partial charge < -0.3 is 15.6 Å². The number of hydrogen-bond acceptors (Lipinski definition) is 7. The number of fused-ring (bicyclic) bond motifs is 2. The second-order valence-electron chi connectivity index (χ2n) is 8.67. The van der Waals surface area contributed by atoms with Gasteiger partial charge in [-0.05, 0) is 53.9 Å². The highest BCUT2D eigenvalue weighted by Crippen LogP contribution is 2.31. The van der Waals surface area contributed by atoms with Crippen LogP contribution in [0.1, 0.15) is 25.3 Å². The number of para-hydroxylation sites is 2. The summed E-state index contributed by atoms with van der Waals surface area (Å²) in [7, 11) is 0. The van der Waals surface area contributed by atoms with Gasteiger partial charge in [-0.25, -0.2) is 9.97 Å². The first-order valence-electron chi connectivity index (χ1n) is 11.7. The van der Waals surface area contributed by atoms with E-state index in [4.69, 9.17) is 0 Å². The topological polar surface area (TPSA) is 99.8 Å². The fraction of sp³-hybridized carbons (Fsp3) is 0.185. The zero-order valence-electron chi connectivity index (χ0n) is 20.3. The summed E-state index contributed by atoms with van der Waals surface area (Å²) in [4.78, 5) is 37.2. The molecule has 3 aromatic carbocycles. The Morgan fingerprint density at radius 3 is 2.32 bits per heavy atom. The van der Waals surface area contributed by atoms with E-state index in [0.717, 1.165) is 31.3 Å². The summed E-state index contributed by atoms with van der Waals surface area (Å²) < 4.78 is 1.76. The summed E-state index contributed by atoms with van der Waals surface area (Å²) in [5.74, 6) is 0.791. The van der Waals surface area contributed by atoms with Crippen LogP contribution in [0, 0.1) is 0 Å². The lowest BCUT2D eigenvalue weighted by Gasteiger charge is -2.08. The second-order valence-corrected chi connectivity index (χ2v) is 11.9. The second kappa shape index (κ2) is 11.4. The van der Waals surface area contributed by atoms with Crippen molar-refractivity contribution in [3.05, 3.63) is 72.3 Å². The van der Waals surface area contributed by atoms with E-state index in [-0.39, 0.29) is 23.3 Å². The molecule has 0 aliphatic heterocycles. The summed E-state index contributed by atoms with van der Waals surface area (Å²) in [6.07, 6.45) is 0. The number of nitrogens with one attached hydrogen (secondary N) is 3. The van der Waals surface area contributed by atoms with Gasteiger partial charge in [0.25, 0.3) is 0 Å². The molecule has 0 aliphatic carbocycles. The van der Waals surface area contributed by atoms with Crippen molar-refractivity contribution in [3.63, 3.8) is 0 Å². The molecule has 0 radical (unpaired) electrons. The number of hydrogen-bond donors (Lipinski definition) is 3. The van der Waals surface area contributed by atoms with E-state index < -0.39 is 0 Å². The number of thiazole rings is 1. The van der Waals surface area contributed by atoms with Gasteiger partial charge in [0.2, 0.25) is 11.8 Å². The Morgan fingerprint density at radius 2 is 1.57 bits per heavy atom. The number of benzene rings is 3. The number of rotatable bonds is 9. The predicted octanol–water partition coefficient (Wildman–Crippen LogP) is 6.76. The first-order chi connectivity index (χ1) is 17.9. The molecule has 2 heterocycles. The molecule has 5 aromatic rings. The summed E-state index contributed by atoms with van der Waals surface area (Å²) in [6, 6.07) is 21.4. The van der Waals surface area contributed by atoms with Crippen LogP contribution in [-0.4, -0.2) is 38.3 Å². The van der Waals surface area contributed by atoms with E-state index in [1.807, 2.05) is 66.7 Å². The molecule has 0 aliphatic rings. The van der Waals surface area contributed by atoms with Gasteiger partial charge in [0, 0.05) is 11.4 Å². The van der Waals surface area contributed by atoms with Crippen LogP contribution in [-0.2, 0) is 9.59 Å². The standard InChI is InChI=1S/C27H25N5O2S3/c1-16(2)17-7-9-18(10-8-17)28-25(34)15-36-27-32-22-12-11-19(13-23(22)37-27)29-24(33)14-35-26-30-20-5-3-4-6-21(20)31-26/h3-13,16H,14-15H2,1-2H3,(H,28,34)(H,29,33)(H,30,31). The van der Waals surface area contributed by atoms with E-state index in [1.54, 1.807) is 0 Å². The first kappa shape index (κ1) is 25.3. The lowest BCUT2D eigenvalue weighted by molar-refractivity contribution is -0.114. The maximum atomic E-state index is 12.5. The number of anilines is 2. The number of thioether (sulfide) groups is 2. The highest BCUT2D eigenvalue weighted by atomic mass is 32.2. The monoisotopic (exact) mass is 547 g/mol. The predicted molar refractivity (Wildman–Crippen MR) is 155 cm³/mol. The van der Waals surface area contributed by atoms with E-state index >= 15 is 0 Å². The van der Waals surface area contributed by atoms with Crippen molar-refractivity contribution >= 4 is 79.3 Å². The van der Waals surface area contributed by atoms with Crippen molar-refractivity contribution in [3.8, 4) is 0 Å². The van der Waals surface area contributed by atoms with Crippen molar-refractivity contribution in [1.82, 2.24) is 15.0 Å². The van der Waals surface area contributed by atoms with Crippen LogP contribution in [0.3, 0.4) is 0 Å². The number of carbonyl (C=O) groups is 2. The third kappa shape index (κ3) is 6.51.